The summed E-state index contributed by atoms with van der Waals surface area (Å²) < 4.78 is 5.73. The summed E-state index contributed by atoms with van der Waals surface area (Å²) in [6.07, 6.45) is 6.49. The van der Waals surface area contributed by atoms with E-state index in [-0.39, 0.29) is 5.41 Å². The molecule has 1 saturated carbocycles. The van der Waals surface area contributed by atoms with Gasteiger partial charge in [0.1, 0.15) is 5.75 Å². The Morgan fingerprint density at radius 3 is 2.40 bits per heavy atom. The number of rotatable bonds is 6. The van der Waals surface area contributed by atoms with Gasteiger partial charge < -0.3 is 15.4 Å². The monoisotopic (exact) mass is 437 g/mol. The Balaban J connectivity index is 1.34. The minimum Gasteiger partial charge on any atom is -0.439 e. The Morgan fingerprint density at radius 2 is 1.73 bits per heavy atom. The summed E-state index contributed by atoms with van der Waals surface area (Å²) in [5, 5.41) is 7.98. The smallest absolute Gasteiger partial charge is 0.219 e. The number of hydrogen-bond acceptors (Lipinski definition) is 3. The van der Waals surface area contributed by atoms with Gasteiger partial charge >= 0.3 is 0 Å². The van der Waals surface area contributed by atoms with Gasteiger partial charge in [-0.25, -0.2) is 4.98 Å². The van der Waals surface area contributed by atoms with Crippen LogP contribution in [0.1, 0.15) is 31.2 Å². The van der Waals surface area contributed by atoms with Gasteiger partial charge in [0, 0.05) is 23.0 Å². The molecule has 154 valence electrons. The lowest BCUT2D eigenvalue weighted by molar-refractivity contribution is 0.435. The van der Waals surface area contributed by atoms with Crippen LogP contribution in [0.4, 0.5) is 5.69 Å². The zero-order chi connectivity index (χ0) is 20.8. The van der Waals surface area contributed by atoms with E-state index in [0.717, 1.165) is 35.8 Å². The minimum atomic E-state index is 0.0992. The predicted octanol–water partition coefficient (Wildman–Crippen LogP) is 6.33. The van der Waals surface area contributed by atoms with Gasteiger partial charge in [0.15, 0.2) is 5.11 Å². The molecular weight excluding hydrogens is 414 g/mol. The number of nitrogens with one attached hydrogen (secondary N) is 2. The van der Waals surface area contributed by atoms with Crippen molar-refractivity contribution in [3.63, 3.8) is 0 Å². The fourth-order valence-corrected chi connectivity index (χ4v) is 4.29. The van der Waals surface area contributed by atoms with Crippen LogP contribution < -0.4 is 15.4 Å². The molecular formula is C24H24ClN3OS. The minimum absolute atomic E-state index is 0.0992. The highest BCUT2D eigenvalue weighted by Crippen LogP contribution is 2.41. The lowest BCUT2D eigenvalue weighted by atomic mass is 9.79. The number of ether oxygens (including phenoxy) is 1. The van der Waals surface area contributed by atoms with Crippen LogP contribution in [-0.4, -0.2) is 16.6 Å². The first-order valence-corrected chi connectivity index (χ1v) is 10.9. The molecule has 1 heterocycles. The maximum absolute atomic E-state index is 6.08. The van der Waals surface area contributed by atoms with E-state index >= 15 is 0 Å². The molecule has 30 heavy (non-hydrogen) atoms. The van der Waals surface area contributed by atoms with Crippen molar-refractivity contribution in [1.82, 2.24) is 10.3 Å². The number of thiocarbonyl (C=S) groups is 1. The van der Waals surface area contributed by atoms with Gasteiger partial charge in [-0.05, 0) is 61.0 Å². The molecule has 2 N–H and O–H groups in total. The molecule has 2 aromatic carbocycles. The van der Waals surface area contributed by atoms with Crippen LogP contribution in [0, 0.1) is 0 Å². The third-order valence-electron chi connectivity index (χ3n) is 5.56. The van der Waals surface area contributed by atoms with E-state index in [9.17, 15) is 0 Å². The zero-order valence-corrected chi connectivity index (χ0v) is 18.2. The van der Waals surface area contributed by atoms with Crippen molar-refractivity contribution in [2.75, 3.05) is 11.9 Å². The van der Waals surface area contributed by atoms with E-state index in [2.05, 4.69) is 27.8 Å². The molecule has 6 heteroatoms. The molecule has 0 radical (unpaired) electrons. The second kappa shape index (κ2) is 9.45. The molecule has 1 aliphatic carbocycles. The van der Waals surface area contributed by atoms with Gasteiger partial charge in [0.25, 0.3) is 0 Å². The van der Waals surface area contributed by atoms with Gasteiger partial charge in [-0.2, -0.15) is 0 Å². The van der Waals surface area contributed by atoms with Gasteiger partial charge in [0.05, 0.1) is 11.9 Å². The topological polar surface area (TPSA) is 46.2 Å². The lowest BCUT2D eigenvalue weighted by Gasteiger charge is -2.30. The lowest BCUT2D eigenvalue weighted by Crippen LogP contribution is -2.40. The van der Waals surface area contributed by atoms with E-state index in [4.69, 9.17) is 28.6 Å². The number of halogens is 1. The number of aromatic nitrogens is 1. The van der Waals surface area contributed by atoms with Crippen molar-refractivity contribution in [3.8, 4) is 11.6 Å². The molecule has 0 spiro atoms. The van der Waals surface area contributed by atoms with Crippen LogP contribution in [-0.2, 0) is 5.41 Å². The first-order valence-electron chi connectivity index (χ1n) is 10.1. The highest BCUT2D eigenvalue weighted by molar-refractivity contribution is 7.80. The summed E-state index contributed by atoms with van der Waals surface area (Å²) in [6.45, 7) is 0.795. The van der Waals surface area contributed by atoms with Crippen LogP contribution >= 0.6 is 23.8 Å². The highest BCUT2D eigenvalue weighted by atomic mass is 35.5. The molecule has 4 rings (SSSR count). The van der Waals surface area contributed by atoms with E-state index in [1.807, 2.05) is 54.6 Å². The van der Waals surface area contributed by atoms with Crippen molar-refractivity contribution < 1.29 is 4.74 Å². The Morgan fingerprint density at radius 1 is 1.00 bits per heavy atom. The summed E-state index contributed by atoms with van der Waals surface area (Å²) in [4.78, 5) is 4.35. The van der Waals surface area contributed by atoms with Crippen LogP contribution in [0.25, 0.3) is 0 Å². The molecule has 0 amide bonds. The quantitative estimate of drug-likeness (QED) is 0.441. The second-order valence-corrected chi connectivity index (χ2v) is 8.45. The Labute approximate surface area is 187 Å². The third kappa shape index (κ3) is 5.10. The largest absolute Gasteiger partial charge is 0.439 e. The molecule has 0 aliphatic heterocycles. The van der Waals surface area contributed by atoms with E-state index in [1.54, 1.807) is 6.20 Å². The molecule has 4 nitrogen and oxygen atoms in total. The second-order valence-electron chi connectivity index (χ2n) is 7.60. The number of pyridine rings is 1. The molecule has 0 atom stereocenters. The summed E-state index contributed by atoms with van der Waals surface area (Å²) in [5.74, 6) is 1.30. The standard InChI is InChI=1S/C24H24ClN3OS/c25-19-10-8-18(9-11-19)24(14-4-5-15-24)17-27-23(30)28-20-12-13-22(26-16-20)29-21-6-2-1-3-7-21/h1-3,6-13,16H,4-5,14-15,17H2,(H2,27,28,30). The summed E-state index contributed by atoms with van der Waals surface area (Å²) in [6, 6.07) is 21.5. The maximum Gasteiger partial charge on any atom is 0.219 e. The number of benzene rings is 2. The SMILES string of the molecule is S=C(NCC1(c2ccc(Cl)cc2)CCCC1)Nc1ccc(Oc2ccccc2)nc1. The van der Waals surface area contributed by atoms with Gasteiger partial charge in [-0.3, -0.25) is 0 Å². The normalized spacial score (nSPS) is 14.8. The van der Waals surface area contributed by atoms with Crippen molar-refractivity contribution >= 4 is 34.6 Å². The molecule has 0 unspecified atom stereocenters. The van der Waals surface area contributed by atoms with E-state index in [0.29, 0.717) is 11.0 Å². The van der Waals surface area contributed by atoms with Crippen molar-refractivity contribution in [2.24, 2.45) is 0 Å². The van der Waals surface area contributed by atoms with Crippen LogP contribution in [0.5, 0.6) is 11.6 Å². The van der Waals surface area contributed by atoms with Gasteiger partial charge in [-0.15, -0.1) is 0 Å². The molecule has 3 aromatic rings. The first-order chi connectivity index (χ1) is 14.6. The maximum atomic E-state index is 6.08. The van der Waals surface area contributed by atoms with Gasteiger partial charge in [0.2, 0.25) is 5.88 Å². The zero-order valence-electron chi connectivity index (χ0n) is 16.6. The Kier molecular flexibility index (Phi) is 6.50. The van der Waals surface area contributed by atoms with Gasteiger partial charge in [-0.1, -0.05) is 54.8 Å². The molecule has 1 aromatic heterocycles. The highest BCUT2D eigenvalue weighted by Gasteiger charge is 2.35. The number of para-hydroxylation sites is 1. The predicted molar refractivity (Wildman–Crippen MR) is 127 cm³/mol. The molecule has 0 saturated heterocycles. The Hall–Kier alpha value is -2.63. The number of anilines is 1. The van der Waals surface area contributed by atoms with Crippen LogP contribution in [0.2, 0.25) is 5.02 Å². The summed E-state index contributed by atoms with van der Waals surface area (Å²) in [5.41, 5.74) is 2.24. The fourth-order valence-electron chi connectivity index (χ4n) is 3.97. The molecule has 1 fully saturated rings. The third-order valence-corrected chi connectivity index (χ3v) is 6.06. The molecule has 1 aliphatic rings. The average Bonchev–Trinajstić information content (AvgIpc) is 3.25. The summed E-state index contributed by atoms with van der Waals surface area (Å²) in [7, 11) is 0. The van der Waals surface area contributed by atoms with Crippen molar-refractivity contribution in [3.05, 3.63) is 83.5 Å². The van der Waals surface area contributed by atoms with E-state index in [1.165, 1.54) is 18.4 Å². The number of nitrogens with zero attached hydrogens (tertiary/aromatic N) is 1. The first kappa shape index (κ1) is 20.6. The molecule has 0 bridgehead atoms. The van der Waals surface area contributed by atoms with Crippen LogP contribution in [0.15, 0.2) is 72.9 Å². The van der Waals surface area contributed by atoms with E-state index < -0.39 is 0 Å². The van der Waals surface area contributed by atoms with Crippen molar-refractivity contribution in [1.29, 1.82) is 0 Å². The Bertz CT molecular complexity index is 972. The fraction of sp³-hybridized carbons (Fsp3) is 0.250. The van der Waals surface area contributed by atoms with Crippen LogP contribution in [0.3, 0.4) is 0 Å². The summed E-state index contributed by atoms with van der Waals surface area (Å²) >= 11 is 11.6. The van der Waals surface area contributed by atoms with Crippen molar-refractivity contribution in [2.45, 2.75) is 31.1 Å². The number of hydrogen-bond donors (Lipinski definition) is 2. The average molecular weight is 438 g/mol.